The van der Waals surface area contributed by atoms with Crippen LogP contribution in [0.2, 0.25) is 0 Å². The molecule has 0 radical (unpaired) electrons. The monoisotopic (exact) mass is 240 g/mol. The van der Waals surface area contributed by atoms with Gasteiger partial charge in [0.25, 0.3) is 0 Å². The molecule has 1 aromatic rings. The van der Waals surface area contributed by atoms with Crippen LogP contribution >= 0.6 is 0 Å². The van der Waals surface area contributed by atoms with Gasteiger partial charge in [0.1, 0.15) is 11.6 Å². The molecule has 4 nitrogen and oxygen atoms in total. The van der Waals surface area contributed by atoms with Crippen molar-refractivity contribution in [3.63, 3.8) is 0 Å². The number of hydrogen-bond acceptors (Lipinski definition) is 3. The van der Waals surface area contributed by atoms with Gasteiger partial charge in [-0.15, -0.1) is 0 Å². The van der Waals surface area contributed by atoms with Crippen LogP contribution < -0.4 is 16.2 Å². The molecule has 0 bridgehead atoms. The summed E-state index contributed by atoms with van der Waals surface area (Å²) in [7, 11) is 0. The first-order valence-corrected chi connectivity index (χ1v) is 5.39. The molecule has 0 aliphatic heterocycles. The number of ether oxygens (including phenoxy) is 1. The number of primary amides is 1. The first-order valence-electron chi connectivity index (χ1n) is 5.39. The molecule has 5 heteroatoms. The summed E-state index contributed by atoms with van der Waals surface area (Å²) < 4.78 is 18.5. The lowest BCUT2D eigenvalue weighted by Gasteiger charge is -2.15. The maximum Gasteiger partial charge on any atom is 0.223 e. The molecule has 0 fully saturated rings. The molecule has 0 heterocycles. The van der Waals surface area contributed by atoms with E-state index in [0.29, 0.717) is 11.3 Å². The minimum Gasteiger partial charge on any atom is -0.492 e. The summed E-state index contributed by atoms with van der Waals surface area (Å²) in [6.45, 7) is 3.55. The first kappa shape index (κ1) is 13.4. The molecule has 0 saturated heterocycles. The second kappa shape index (κ2) is 5.63. The molecule has 94 valence electrons. The van der Waals surface area contributed by atoms with Crippen LogP contribution in [0.25, 0.3) is 0 Å². The van der Waals surface area contributed by atoms with E-state index in [-0.39, 0.29) is 18.5 Å². The smallest absolute Gasteiger partial charge is 0.223 e. The van der Waals surface area contributed by atoms with Crippen molar-refractivity contribution in [2.45, 2.75) is 19.9 Å². The van der Waals surface area contributed by atoms with Crippen molar-refractivity contribution in [3.8, 4) is 5.75 Å². The van der Waals surface area contributed by atoms with E-state index in [1.54, 1.807) is 13.8 Å². The minimum atomic E-state index is -0.436. The maximum absolute atomic E-state index is 13.0. The average molecular weight is 240 g/mol. The van der Waals surface area contributed by atoms with E-state index in [9.17, 15) is 9.18 Å². The number of rotatable bonds is 5. The van der Waals surface area contributed by atoms with Crippen LogP contribution in [0.3, 0.4) is 0 Å². The molecular formula is C12H17FN2O2. The van der Waals surface area contributed by atoms with Gasteiger partial charge in [-0.1, -0.05) is 6.92 Å². The number of benzene rings is 1. The van der Waals surface area contributed by atoms with E-state index in [1.165, 1.54) is 18.2 Å². The molecule has 1 unspecified atom stereocenters. The fourth-order valence-corrected chi connectivity index (χ4v) is 1.30. The highest BCUT2D eigenvalue weighted by molar-refractivity contribution is 5.76. The molecule has 0 saturated carbocycles. The van der Waals surface area contributed by atoms with Gasteiger partial charge >= 0.3 is 0 Å². The van der Waals surface area contributed by atoms with Crippen molar-refractivity contribution in [3.05, 3.63) is 29.6 Å². The van der Waals surface area contributed by atoms with Crippen LogP contribution in [0.4, 0.5) is 4.39 Å². The molecule has 1 rings (SSSR count). The Hall–Kier alpha value is -1.62. The summed E-state index contributed by atoms with van der Waals surface area (Å²) in [5.74, 6) is -0.724. The van der Waals surface area contributed by atoms with Gasteiger partial charge in [0.2, 0.25) is 5.91 Å². The van der Waals surface area contributed by atoms with Crippen molar-refractivity contribution < 1.29 is 13.9 Å². The lowest BCUT2D eigenvalue weighted by atomic mass is 10.1. The molecule has 1 aromatic carbocycles. The van der Waals surface area contributed by atoms with E-state index in [4.69, 9.17) is 16.2 Å². The van der Waals surface area contributed by atoms with E-state index < -0.39 is 11.8 Å². The van der Waals surface area contributed by atoms with Crippen molar-refractivity contribution in [2.75, 3.05) is 6.61 Å². The third-order valence-corrected chi connectivity index (χ3v) is 2.44. The highest BCUT2D eigenvalue weighted by Crippen LogP contribution is 2.25. The van der Waals surface area contributed by atoms with Crippen molar-refractivity contribution in [2.24, 2.45) is 17.4 Å². The summed E-state index contributed by atoms with van der Waals surface area (Å²) in [5, 5.41) is 0. The zero-order valence-corrected chi connectivity index (χ0v) is 9.94. The number of carbonyl (C=O) groups excluding carboxylic acids is 1. The van der Waals surface area contributed by atoms with Crippen LogP contribution in [0.15, 0.2) is 18.2 Å². The van der Waals surface area contributed by atoms with Crippen molar-refractivity contribution in [1.82, 2.24) is 0 Å². The standard InChI is InChI=1S/C12H17FN2O2/c1-7(12(15)16)6-17-11-4-3-9(13)5-10(11)8(2)14/h3-5,7-8H,6,14H2,1-2H3,(H2,15,16)/t7?,8-/m0/s1. The van der Waals surface area contributed by atoms with Crippen LogP contribution in [0.5, 0.6) is 5.75 Å². The molecule has 0 spiro atoms. The summed E-state index contributed by atoms with van der Waals surface area (Å²) >= 11 is 0. The van der Waals surface area contributed by atoms with Crippen LogP contribution in [-0.4, -0.2) is 12.5 Å². The lowest BCUT2D eigenvalue weighted by Crippen LogP contribution is -2.26. The fraction of sp³-hybridized carbons (Fsp3) is 0.417. The summed E-state index contributed by atoms with van der Waals surface area (Å²) in [6.07, 6.45) is 0. The Kier molecular flexibility index (Phi) is 4.45. The predicted molar refractivity (Wildman–Crippen MR) is 62.9 cm³/mol. The van der Waals surface area contributed by atoms with E-state index in [2.05, 4.69) is 0 Å². The molecule has 4 N–H and O–H groups in total. The number of nitrogens with two attached hydrogens (primary N) is 2. The fourth-order valence-electron chi connectivity index (χ4n) is 1.30. The Balaban J connectivity index is 2.80. The SMILES string of the molecule is CC(COc1ccc(F)cc1[C@H](C)N)C(N)=O. The zero-order valence-electron chi connectivity index (χ0n) is 9.94. The zero-order chi connectivity index (χ0) is 13.0. The summed E-state index contributed by atoms with van der Waals surface area (Å²) in [4.78, 5) is 10.9. The Labute approximate surface area is 99.7 Å². The van der Waals surface area contributed by atoms with E-state index in [1.807, 2.05) is 0 Å². The number of hydrogen-bond donors (Lipinski definition) is 2. The molecule has 2 atom stereocenters. The number of carbonyl (C=O) groups is 1. The normalized spacial score (nSPS) is 14.1. The minimum absolute atomic E-state index is 0.153. The Morgan fingerprint density at radius 2 is 2.12 bits per heavy atom. The maximum atomic E-state index is 13.0. The van der Waals surface area contributed by atoms with Crippen LogP contribution in [0, 0.1) is 11.7 Å². The topological polar surface area (TPSA) is 78.3 Å². The molecule has 1 amide bonds. The van der Waals surface area contributed by atoms with Gasteiger partial charge in [0.15, 0.2) is 0 Å². The Morgan fingerprint density at radius 3 is 2.65 bits per heavy atom. The molecular weight excluding hydrogens is 223 g/mol. The van der Waals surface area contributed by atoms with Crippen molar-refractivity contribution in [1.29, 1.82) is 0 Å². The van der Waals surface area contributed by atoms with Crippen LogP contribution in [-0.2, 0) is 4.79 Å². The lowest BCUT2D eigenvalue weighted by molar-refractivity contribution is -0.122. The largest absolute Gasteiger partial charge is 0.492 e. The molecule has 0 aromatic heterocycles. The van der Waals surface area contributed by atoms with Gasteiger partial charge in [-0.25, -0.2) is 4.39 Å². The van der Waals surface area contributed by atoms with E-state index >= 15 is 0 Å². The number of halogens is 1. The van der Waals surface area contributed by atoms with E-state index in [0.717, 1.165) is 0 Å². The Morgan fingerprint density at radius 1 is 1.47 bits per heavy atom. The van der Waals surface area contributed by atoms with Gasteiger partial charge in [-0.2, -0.15) is 0 Å². The van der Waals surface area contributed by atoms with Gasteiger partial charge in [0, 0.05) is 11.6 Å². The molecule has 17 heavy (non-hydrogen) atoms. The second-order valence-electron chi connectivity index (χ2n) is 4.09. The first-order chi connectivity index (χ1) is 7.91. The van der Waals surface area contributed by atoms with Gasteiger partial charge < -0.3 is 16.2 Å². The third kappa shape index (κ3) is 3.71. The highest BCUT2D eigenvalue weighted by atomic mass is 19.1. The van der Waals surface area contributed by atoms with Crippen LogP contribution in [0.1, 0.15) is 25.5 Å². The average Bonchev–Trinajstić information content (AvgIpc) is 2.26. The quantitative estimate of drug-likeness (QED) is 0.815. The highest BCUT2D eigenvalue weighted by Gasteiger charge is 2.13. The predicted octanol–water partition coefficient (Wildman–Crippen LogP) is 1.35. The van der Waals surface area contributed by atoms with Crippen molar-refractivity contribution >= 4 is 5.91 Å². The Bertz CT molecular complexity index is 407. The summed E-state index contributed by atoms with van der Waals surface area (Å²) in [5.41, 5.74) is 11.4. The molecule has 0 aliphatic rings. The van der Waals surface area contributed by atoms with Gasteiger partial charge in [-0.05, 0) is 25.1 Å². The van der Waals surface area contributed by atoms with Gasteiger partial charge in [-0.3, -0.25) is 4.79 Å². The number of amides is 1. The third-order valence-electron chi connectivity index (χ3n) is 2.44. The van der Waals surface area contributed by atoms with Gasteiger partial charge in [0.05, 0.1) is 12.5 Å². The summed E-state index contributed by atoms with van der Waals surface area (Å²) in [6, 6.07) is 3.77. The second-order valence-corrected chi connectivity index (χ2v) is 4.09. The molecule has 0 aliphatic carbocycles.